The van der Waals surface area contributed by atoms with Crippen LogP contribution in [0.5, 0.6) is 0 Å². The number of carbonyl (C=O) groups is 2. The predicted octanol–water partition coefficient (Wildman–Crippen LogP) is 6.19. The molecule has 0 radical (unpaired) electrons. The van der Waals surface area contributed by atoms with E-state index in [-0.39, 0.29) is 18.4 Å². The van der Waals surface area contributed by atoms with Crippen LogP contribution in [0.25, 0.3) is 6.08 Å². The second-order valence-corrected chi connectivity index (χ2v) is 10.5. The molecule has 1 saturated heterocycles. The predicted molar refractivity (Wildman–Crippen MR) is 144 cm³/mol. The highest BCUT2D eigenvalue weighted by molar-refractivity contribution is 8.04. The molecule has 5 rings (SSSR count). The van der Waals surface area contributed by atoms with Crippen molar-refractivity contribution in [1.82, 2.24) is 4.90 Å². The number of halogens is 4. The van der Waals surface area contributed by atoms with Crippen LogP contribution in [0.1, 0.15) is 11.1 Å². The fourth-order valence-corrected chi connectivity index (χ4v) is 5.70. The Morgan fingerprint density at radius 3 is 2.34 bits per heavy atom. The van der Waals surface area contributed by atoms with Crippen LogP contribution in [-0.2, 0) is 15.8 Å². The summed E-state index contributed by atoms with van der Waals surface area (Å²) in [7, 11) is 0. The summed E-state index contributed by atoms with van der Waals surface area (Å²) in [5.74, 6) is -0.529. The smallest absolute Gasteiger partial charge is 0.368 e. The molecule has 0 aliphatic carbocycles. The molecule has 0 N–H and O–H groups in total. The average Bonchev–Trinajstić information content (AvgIpc) is 2.91. The van der Waals surface area contributed by atoms with Crippen LogP contribution in [0, 0.1) is 0 Å². The van der Waals surface area contributed by atoms with Crippen LogP contribution < -0.4 is 9.80 Å². The SMILES string of the molecule is O=C(CN1C(=O)C(=Cc2ccc(C(F)(F)F)cc2)Sc2ccccc21)N1CCN(c2cccc(Cl)c2)CC1. The lowest BCUT2D eigenvalue weighted by Gasteiger charge is -2.37. The Kier molecular flexibility index (Phi) is 7.40. The molecule has 2 aliphatic heterocycles. The quantitative estimate of drug-likeness (QED) is 0.359. The third-order valence-electron chi connectivity index (χ3n) is 6.47. The number of piperazine rings is 1. The van der Waals surface area contributed by atoms with Crippen molar-refractivity contribution in [1.29, 1.82) is 0 Å². The van der Waals surface area contributed by atoms with Gasteiger partial charge in [0.2, 0.25) is 5.91 Å². The Morgan fingerprint density at radius 2 is 1.66 bits per heavy atom. The van der Waals surface area contributed by atoms with Crippen LogP contribution in [0.2, 0.25) is 5.02 Å². The number of alkyl halides is 3. The molecule has 2 amide bonds. The maximum atomic E-state index is 13.5. The van der Waals surface area contributed by atoms with Crippen molar-refractivity contribution in [2.75, 3.05) is 42.5 Å². The summed E-state index contributed by atoms with van der Waals surface area (Å²) >= 11 is 7.35. The number of anilines is 2. The van der Waals surface area contributed by atoms with Gasteiger partial charge in [-0.05, 0) is 54.1 Å². The first-order chi connectivity index (χ1) is 18.2. The molecule has 2 heterocycles. The van der Waals surface area contributed by atoms with Gasteiger partial charge in [-0.25, -0.2) is 0 Å². The van der Waals surface area contributed by atoms with Crippen LogP contribution in [0.4, 0.5) is 24.5 Å². The lowest BCUT2D eigenvalue weighted by molar-refractivity contribution is -0.137. The Morgan fingerprint density at radius 1 is 0.947 bits per heavy atom. The number of rotatable bonds is 4. The Hall–Kier alpha value is -3.43. The van der Waals surface area contributed by atoms with Crippen LogP contribution in [-0.4, -0.2) is 49.4 Å². The van der Waals surface area contributed by atoms with E-state index in [1.54, 1.807) is 23.1 Å². The molecule has 0 bridgehead atoms. The average molecular weight is 558 g/mol. The van der Waals surface area contributed by atoms with Crippen LogP contribution in [0.3, 0.4) is 0 Å². The van der Waals surface area contributed by atoms with E-state index in [2.05, 4.69) is 4.90 Å². The van der Waals surface area contributed by atoms with Crippen molar-refractivity contribution in [3.05, 3.63) is 93.9 Å². The normalized spacial score (nSPS) is 17.1. The third kappa shape index (κ3) is 5.68. The van der Waals surface area contributed by atoms with Gasteiger partial charge in [-0.1, -0.05) is 53.7 Å². The molecule has 0 spiro atoms. The third-order valence-corrected chi connectivity index (χ3v) is 7.78. The standard InChI is InChI=1S/C28H23ClF3N3O2S/c29-21-4-3-5-22(17-21)33-12-14-34(15-13-33)26(36)18-35-23-6-1-2-7-24(23)38-25(27(35)37)16-19-8-10-20(11-9-19)28(30,31)32/h1-11,16-17H,12-15,18H2. The summed E-state index contributed by atoms with van der Waals surface area (Å²) < 4.78 is 38.8. The van der Waals surface area contributed by atoms with E-state index in [9.17, 15) is 22.8 Å². The molecule has 0 atom stereocenters. The summed E-state index contributed by atoms with van der Waals surface area (Å²) in [6.45, 7) is 2.19. The molecule has 5 nitrogen and oxygen atoms in total. The second kappa shape index (κ2) is 10.7. The molecule has 1 fully saturated rings. The first kappa shape index (κ1) is 26.2. The number of carbonyl (C=O) groups excluding carboxylic acids is 2. The molecule has 0 aromatic heterocycles. The number of benzene rings is 3. The number of hydrogen-bond acceptors (Lipinski definition) is 4. The molecular formula is C28H23ClF3N3O2S. The molecule has 0 saturated carbocycles. The zero-order valence-corrected chi connectivity index (χ0v) is 21.7. The highest BCUT2D eigenvalue weighted by Gasteiger charge is 2.33. The minimum absolute atomic E-state index is 0.127. The van der Waals surface area contributed by atoms with Gasteiger partial charge >= 0.3 is 6.18 Å². The van der Waals surface area contributed by atoms with E-state index in [0.29, 0.717) is 47.4 Å². The van der Waals surface area contributed by atoms with Gasteiger partial charge in [-0.2, -0.15) is 13.2 Å². The summed E-state index contributed by atoms with van der Waals surface area (Å²) in [5.41, 5.74) is 1.35. The number of thioether (sulfide) groups is 1. The van der Waals surface area contributed by atoms with E-state index in [4.69, 9.17) is 11.6 Å². The molecule has 196 valence electrons. The van der Waals surface area contributed by atoms with Gasteiger partial charge in [0.15, 0.2) is 0 Å². The van der Waals surface area contributed by atoms with Gasteiger partial charge < -0.3 is 9.80 Å². The highest BCUT2D eigenvalue weighted by Crippen LogP contribution is 2.42. The van der Waals surface area contributed by atoms with E-state index in [1.165, 1.54) is 28.8 Å². The molecule has 3 aromatic rings. The van der Waals surface area contributed by atoms with Crippen molar-refractivity contribution in [2.45, 2.75) is 11.1 Å². The Balaban J connectivity index is 1.31. The van der Waals surface area contributed by atoms with Crippen molar-refractivity contribution in [3.8, 4) is 0 Å². The van der Waals surface area contributed by atoms with Crippen LogP contribution >= 0.6 is 23.4 Å². The maximum absolute atomic E-state index is 13.5. The Labute approximate surface area is 227 Å². The maximum Gasteiger partial charge on any atom is 0.416 e. The second-order valence-electron chi connectivity index (χ2n) is 8.94. The summed E-state index contributed by atoms with van der Waals surface area (Å²) in [6.07, 6.45) is -2.87. The van der Waals surface area contributed by atoms with Gasteiger partial charge in [-0.15, -0.1) is 0 Å². The Bertz CT molecular complexity index is 1390. The van der Waals surface area contributed by atoms with E-state index < -0.39 is 11.7 Å². The largest absolute Gasteiger partial charge is 0.416 e. The molecular weight excluding hydrogens is 535 g/mol. The number of amides is 2. The first-order valence-corrected chi connectivity index (χ1v) is 13.1. The van der Waals surface area contributed by atoms with Gasteiger partial charge in [0, 0.05) is 41.8 Å². The van der Waals surface area contributed by atoms with Crippen molar-refractivity contribution in [2.24, 2.45) is 0 Å². The van der Waals surface area contributed by atoms with Gasteiger partial charge in [0.1, 0.15) is 6.54 Å². The van der Waals surface area contributed by atoms with Crippen molar-refractivity contribution in [3.63, 3.8) is 0 Å². The molecule has 2 aliphatic rings. The fourth-order valence-electron chi connectivity index (χ4n) is 4.46. The fraction of sp³-hybridized carbons (Fsp3) is 0.214. The monoisotopic (exact) mass is 557 g/mol. The summed E-state index contributed by atoms with van der Waals surface area (Å²) in [4.78, 5) is 33.2. The van der Waals surface area contributed by atoms with E-state index >= 15 is 0 Å². The van der Waals surface area contributed by atoms with Gasteiger partial charge in [-0.3, -0.25) is 14.5 Å². The summed E-state index contributed by atoms with van der Waals surface area (Å²) in [6, 6.07) is 19.5. The first-order valence-electron chi connectivity index (χ1n) is 11.9. The molecule has 38 heavy (non-hydrogen) atoms. The lowest BCUT2D eigenvalue weighted by Crippen LogP contribution is -2.52. The number of fused-ring (bicyclic) bond motifs is 1. The molecule has 10 heteroatoms. The lowest BCUT2D eigenvalue weighted by atomic mass is 10.1. The van der Waals surface area contributed by atoms with Crippen molar-refractivity contribution >= 4 is 52.6 Å². The zero-order valence-electron chi connectivity index (χ0n) is 20.1. The van der Waals surface area contributed by atoms with Gasteiger partial charge in [0.05, 0.1) is 16.2 Å². The van der Waals surface area contributed by atoms with Gasteiger partial charge in [0.25, 0.3) is 5.91 Å². The minimum atomic E-state index is -4.43. The topological polar surface area (TPSA) is 43.9 Å². The van der Waals surface area contributed by atoms with E-state index in [1.807, 2.05) is 36.4 Å². The minimum Gasteiger partial charge on any atom is -0.368 e. The number of para-hydroxylation sites is 1. The van der Waals surface area contributed by atoms with E-state index in [0.717, 1.165) is 22.7 Å². The van der Waals surface area contributed by atoms with Crippen molar-refractivity contribution < 1.29 is 22.8 Å². The van der Waals surface area contributed by atoms with Crippen LogP contribution in [0.15, 0.2) is 82.6 Å². The summed E-state index contributed by atoms with van der Waals surface area (Å²) in [5, 5.41) is 0.654. The number of hydrogen-bond donors (Lipinski definition) is 0. The number of nitrogens with zero attached hydrogens (tertiary/aromatic N) is 3. The zero-order chi connectivity index (χ0) is 26.9. The highest BCUT2D eigenvalue weighted by atomic mass is 35.5. The molecule has 3 aromatic carbocycles. The molecule has 0 unspecified atom stereocenters.